The summed E-state index contributed by atoms with van der Waals surface area (Å²) in [5.74, 6) is -2.03. The van der Waals surface area contributed by atoms with Crippen molar-refractivity contribution in [3.8, 4) is 0 Å². The van der Waals surface area contributed by atoms with Crippen LogP contribution in [0.15, 0.2) is 51.9 Å². The number of nitrogens with zero attached hydrogens (tertiary/aromatic N) is 3. The molecule has 0 spiro atoms. The van der Waals surface area contributed by atoms with Gasteiger partial charge in [-0.2, -0.15) is 0 Å². The molecule has 9 nitrogen and oxygen atoms in total. The standard InChI is InChI=1S/C19H21ClN4O5/c1-11-15(18(25)27-2)16(12-6-4-5-7-13(12)20)17(19(26)28-3)14(23-11)10-29-9-8-22-24-21/h4-7,16,23H,8-10H2,1-3H3. The summed E-state index contributed by atoms with van der Waals surface area (Å²) in [6.45, 7) is 2.02. The van der Waals surface area contributed by atoms with Crippen LogP contribution in [0.1, 0.15) is 18.4 Å². The van der Waals surface area contributed by atoms with Crippen molar-refractivity contribution in [2.75, 3.05) is 34.0 Å². The first-order valence-electron chi connectivity index (χ1n) is 8.66. The van der Waals surface area contributed by atoms with E-state index in [1.54, 1.807) is 31.2 Å². The highest BCUT2D eigenvalue weighted by molar-refractivity contribution is 6.31. The van der Waals surface area contributed by atoms with Crippen molar-refractivity contribution >= 4 is 23.5 Å². The number of methoxy groups -OCH3 is 2. The molecule has 1 aliphatic heterocycles. The third-order valence-corrected chi connectivity index (χ3v) is 4.66. The number of allylic oxidation sites excluding steroid dienone is 1. The maximum Gasteiger partial charge on any atom is 0.336 e. The van der Waals surface area contributed by atoms with Crippen molar-refractivity contribution in [1.29, 1.82) is 0 Å². The molecule has 0 bridgehead atoms. The van der Waals surface area contributed by atoms with Crippen molar-refractivity contribution in [3.63, 3.8) is 0 Å². The molecule has 29 heavy (non-hydrogen) atoms. The molecule has 0 saturated heterocycles. The first-order chi connectivity index (χ1) is 14.0. The van der Waals surface area contributed by atoms with Gasteiger partial charge in [0.1, 0.15) is 0 Å². The van der Waals surface area contributed by atoms with E-state index in [-0.39, 0.29) is 30.9 Å². The predicted molar refractivity (Wildman–Crippen MR) is 106 cm³/mol. The zero-order valence-electron chi connectivity index (χ0n) is 16.3. The van der Waals surface area contributed by atoms with Gasteiger partial charge in [0, 0.05) is 22.2 Å². The molecule has 154 valence electrons. The zero-order chi connectivity index (χ0) is 21.4. The SMILES string of the molecule is COC(=O)C1=C(C)NC(COCCN=[N+]=[N-])=C(C(=O)OC)C1c1ccccc1Cl. The molecule has 1 atom stereocenters. The summed E-state index contributed by atoms with van der Waals surface area (Å²) in [5, 5.41) is 6.83. The highest BCUT2D eigenvalue weighted by Crippen LogP contribution is 2.41. The van der Waals surface area contributed by atoms with Gasteiger partial charge in [0.05, 0.1) is 50.2 Å². The smallest absolute Gasteiger partial charge is 0.336 e. The fraction of sp³-hybridized carbons (Fsp3) is 0.368. The third kappa shape index (κ3) is 5.08. The summed E-state index contributed by atoms with van der Waals surface area (Å²) < 4.78 is 15.4. The molecule has 10 heteroatoms. The highest BCUT2D eigenvalue weighted by Gasteiger charge is 2.39. The summed E-state index contributed by atoms with van der Waals surface area (Å²) in [6, 6.07) is 6.92. The Morgan fingerprint density at radius 1 is 1.21 bits per heavy atom. The second-order valence-electron chi connectivity index (χ2n) is 6.00. The van der Waals surface area contributed by atoms with E-state index >= 15 is 0 Å². The van der Waals surface area contributed by atoms with Crippen LogP contribution < -0.4 is 5.32 Å². The van der Waals surface area contributed by atoms with E-state index in [9.17, 15) is 9.59 Å². The number of carbonyl (C=O) groups is 2. The lowest BCUT2D eigenvalue weighted by Crippen LogP contribution is -2.34. The number of ether oxygens (including phenoxy) is 3. The maximum absolute atomic E-state index is 12.7. The van der Waals surface area contributed by atoms with E-state index in [0.717, 1.165) is 0 Å². The average molecular weight is 421 g/mol. The van der Waals surface area contributed by atoms with Gasteiger partial charge < -0.3 is 19.5 Å². The number of azide groups is 1. The number of benzene rings is 1. The Labute approximate surface area is 172 Å². The molecule has 0 saturated carbocycles. The lowest BCUT2D eigenvalue weighted by atomic mass is 9.80. The third-order valence-electron chi connectivity index (χ3n) is 4.32. The Kier molecular flexibility index (Phi) is 8.09. The lowest BCUT2D eigenvalue weighted by Gasteiger charge is -2.31. The molecule has 0 aromatic heterocycles. The molecule has 1 aliphatic rings. The van der Waals surface area contributed by atoms with Crippen LogP contribution in [0.5, 0.6) is 0 Å². The van der Waals surface area contributed by atoms with Crippen LogP contribution in [0, 0.1) is 0 Å². The molecule has 1 unspecified atom stereocenters. The Hall–Kier alpha value is -3.00. The quantitative estimate of drug-likeness (QED) is 0.226. The Balaban J connectivity index is 2.57. The number of dihydropyridines is 1. The first kappa shape index (κ1) is 22.3. The second kappa shape index (κ2) is 10.5. The summed E-state index contributed by atoms with van der Waals surface area (Å²) >= 11 is 6.39. The van der Waals surface area contributed by atoms with Gasteiger partial charge in [0.15, 0.2) is 0 Å². The van der Waals surface area contributed by atoms with Crippen LogP contribution in [-0.2, 0) is 23.8 Å². The molecular formula is C19H21ClN4O5. The molecule has 0 fully saturated rings. The summed E-state index contributed by atoms with van der Waals surface area (Å²) in [7, 11) is 2.52. The summed E-state index contributed by atoms with van der Waals surface area (Å²) in [6.07, 6.45) is 0. The van der Waals surface area contributed by atoms with Crippen LogP contribution in [-0.4, -0.2) is 45.9 Å². The maximum atomic E-state index is 12.7. The summed E-state index contributed by atoms with van der Waals surface area (Å²) in [5.41, 5.74) is 10.3. The molecule has 1 aromatic rings. The topological polar surface area (TPSA) is 123 Å². The second-order valence-corrected chi connectivity index (χ2v) is 6.41. The minimum absolute atomic E-state index is 0.0120. The van der Waals surface area contributed by atoms with Crippen molar-refractivity contribution in [3.05, 3.63) is 67.8 Å². The van der Waals surface area contributed by atoms with Crippen molar-refractivity contribution in [2.45, 2.75) is 12.8 Å². The minimum atomic E-state index is -0.805. The number of hydrogen-bond donors (Lipinski definition) is 1. The van der Waals surface area contributed by atoms with E-state index < -0.39 is 17.9 Å². The molecule has 0 aliphatic carbocycles. The van der Waals surface area contributed by atoms with Gasteiger partial charge in [0.2, 0.25) is 0 Å². The Bertz CT molecular complexity index is 906. The average Bonchev–Trinajstić information content (AvgIpc) is 2.72. The van der Waals surface area contributed by atoms with E-state index in [0.29, 0.717) is 22.0 Å². The van der Waals surface area contributed by atoms with Gasteiger partial charge in [-0.25, -0.2) is 9.59 Å². The van der Waals surface area contributed by atoms with Gasteiger partial charge in [-0.3, -0.25) is 0 Å². The number of carbonyl (C=O) groups excluding carboxylic acids is 2. The molecule has 1 N–H and O–H groups in total. The number of rotatable bonds is 8. The fourth-order valence-corrected chi connectivity index (χ4v) is 3.33. The number of esters is 2. The monoisotopic (exact) mass is 420 g/mol. The molecule has 0 radical (unpaired) electrons. The van der Waals surface area contributed by atoms with Crippen LogP contribution >= 0.6 is 11.6 Å². The van der Waals surface area contributed by atoms with Crippen LogP contribution in [0.25, 0.3) is 10.4 Å². The van der Waals surface area contributed by atoms with Crippen molar-refractivity contribution in [2.24, 2.45) is 5.11 Å². The minimum Gasteiger partial charge on any atom is -0.466 e. The van der Waals surface area contributed by atoms with Gasteiger partial charge in [-0.05, 0) is 24.1 Å². The van der Waals surface area contributed by atoms with E-state index in [1.807, 2.05) is 0 Å². The Morgan fingerprint density at radius 3 is 2.48 bits per heavy atom. The Morgan fingerprint density at radius 2 is 1.86 bits per heavy atom. The predicted octanol–water partition coefficient (Wildman–Crippen LogP) is 3.23. The van der Waals surface area contributed by atoms with E-state index in [4.69, 9.17) is 31.3 Å². The van der Waals surface area contributed by atoms with Crippen LogP contribution in [0.2, 0.25) is 5.02 Å². The van der Waals surface area contributed by atoms with Gasteiger partial charge >= 0.3 is 11.9 Å². The number of hydrogen-bond acceptors (Lipinski definition) is 7. The van der Waals surface area contributed by atoms with Gasteiger partial charge in [-0.15, -0.1) is 0 Å². The molecule has 2 rings (SSSR count). The first-order valence-corrected chi connectivity index (χ1v) is 9.04. The molecule has 0 amide bonds. The van der Waals surface area contributed by atoms with Crippen LogP contribution in [0.4, 0.5) is 0 Å². The zero-order valence-corrected chi connectivity index (χ0v) is 17.0. The normalized spacial score (nSPS) is 16.1. The largest absolute Gasteiger partial charge is 0.466 e. The van der Waals surface area contributed by atoms with Crippen LogP contribution in [0.3, 0.4) is 0 Å². The van der Waals surface area contributed by atoms with Gasteiger partial charge in [0.25, 0.3) is 0 Å². The number of nitrogens with one attached hydrogen (secondary N) is 1. The molecule has 1 aromatic carbocycles. The molecule has 1 heterocycles. The van der Waals surface area contributed by atoms with Crippen molar-refractivity contribution in [1.82, 2.24) is 5.32 Å². The van der Waals surface area contributed by atoms with Crippen molar-refractivity contribution < 1.29 is 23.8 Å². The lowest BCUT2D eigenvalue weighted by molar-refractivity contribution is -0.137. The fourth-order valence-electron chi connectivity index (χ4n) is 3.09. The van der Waals surface area contributed by atoms with E-state index in [2.05, 4.69) is 15.3 Å². The number of halogens is 1. The summed E-state index contributed by atoms with van der Waals surface area (Å²) in [4.78, 5) is 27.9. The highest BCUT2D eigenvalue weighted by atomic mass is 35.5. The molecular weight excluding hydrogens is 400 g/mol. The van der Waals surface area contributed by atoms with E-state index in [1.165, 1.54) is 14.2 Å². The van der Waals surface area contributed by atoms with Gasteiger partial charge in [-0.1, -0.05) is 34.9 Å².